The fourth-order valence-electron chi connectivity index (χ4n) is 2.97. The lowest BCUT2D eigenvalue weighted by molar-refractivity contribution is -0.121. The molecule has 28 heavy (non-hydrogen) atoms. The van der Waals surface area contributed by atoms with Crippen molar-refractivity contribution in [3.05, 3.63) is 54.1 Å². The Morgan fingerprint density at radius 3 is 2.29 bits per heavy atom. The fraction of sp³-hybridized carbons (Fsp3) is 0.333. The van der Waals surface area contributed by atoms with Gasteiger partial charge < -0.3 is 19.5 Å². The lowest BCUT2D eigenvalue weighted by atomic mass is 10.1. The molecule has 0 saturated carbocycles. The Hall–Kier alpha value is -3.22. The predicted octanol–water partition coefficient (Wildman–Crippen LogP) is 2.78. The Balaban J connectivity index is 1.44. The van der Waals surface area contributed by atoms with E-state index in [0.717, 1.165) is 22.7 Å². The number of nitrogens with zero attached hydrogens (tertiary/aromatic N) is 1. The first-order chi connectivity index (χ1) is 13.6. The number of ether oxygens (including phenoxy) is 3. The van der Waals surface area contributed by atoms with E-state index in [0.29, 0.717) is 25.9 Å². The van der Waals surface area contributed by atoms with Gasteiger partial charge in [-0.3, -0.25) is 9.69 Å². The molecule has 1 aliphatic rings. The number of amides is 2. The third kappa shape index (κ3) is 4.94. The van der Waals surface area contributed by atoms with Crippen LogP contribution in [0.15, 0.2) is 48.5 Å². The molecule has 7 heteroatoms. The molecule has 0 spiro atoms. The third-order valence-electron chi connectivity index (χ3n) is 4.58. The highest BCUT2D eigenvalue weighted by atomic mass is 16.6. The van der Waals surface area contributed by atoms with Crippen LogP contribution >= 0.6 is 0 Å². The van der Waals surface area contributed by atoms with Gasteiger partial charge in [-0.2, -0.15) is 0 Å². The van der Waals surface area contributed by atoms with Gasteiger partial charge in [-0.05, 0) is 48.4 Å². The van der Waals surface area contributed by atoms with Gasteiger partial charge >= 0.3 is 6.09 Å². The Morgan fingerprint density at radius 2 is 1.68 bits per heavy atom. The van der Waals surface area contributed by atoms with Crippen LogP contribution in [-0.4, -0.2) is 45.4 Å². The van der Waals surface area contributed by atoms with Crippen molar-refractivity contribution in [1.82, 2.24) is 5.32 Å². The monoisotopic (exact) mass is 384 g/mol. The molecule has 1 aliphatic heterocycles. The van der Waals surface area contributed by atoms with Crippen LogP contribution in [-0.2, 0) is 16.0 Å². The van der Waals surface area contributed by atoms with Gasteiger partial charge in [0, 0.05) is 12.1 Å². The van der Waals surface area contributed by atoms with Crippen LogP contribution in [0.2, 0.25) is 0 Å². The van der Waals surface area contributed by atoms with Gasteiger partial charge in [0.05, 0.1) is 27.3 Å². The molecular weight excluding hydrogens is 360 g/mol. The topological polar surface area (TPSA) is 77.1 Å². The van der Waals surface area contributed by atoms with Crippen LogP contribution in [0.3, 0.4) is 0 Å². The van der Waals surface area contributed by atoms with Crippen LogP contribution < -0.4 is 19.7 Å². The number of anilines is 1. The van der Waals surface area contributed by atoms with Crippen molar-refractivity contribution in [2.45, 2.75) is 18.9 Å². The largest absolute Gasteiger partial charge is 0.497 e. The average molecular weight is 384 g/mol. The summed E-state index contributed by atoms with van der Waals surface area (Å²) in [4.78, 5) is 25.7. The van der Waals surface area contributed by atoms with E-state index in [-0.39, 0.29) is 12.0 Å². The first-order valence-electron chi connectivity index (χ1n) is 9.11. The molecule has 3 rings (SSSR count). The van der Waals surface area contributed by atoms with Gasteiger partial charge in [-0.25, -0.2) is 4.79 Å². The minimum Gasteiger partial charge on any atom is -0.497 e. The standard InChI is InChI=1S/C21H24N2O5/c1-26-17-8-3-15(4-9-17)5-12-20(24)22-13-19-14-23(21(25)28-19)16-6-10-18(27-2)11-7-16/h3-4,6-11,19H,5,12-14H2,1-2H3,(H,22,24). The number of hydrogen-bond acceptors (Lipinski definition) is 5. The molecule has 2 aromatic carbocycles. The second kappa shape index (κ2) is 9.12. The van der Waals surface area contributed by atoms with Crippen molar-refractivity contribution in [3.63, 3.8) is 0 Å². The van der Waals surface area contributed by atoms with Gasteiger partial charge in [-0.1, -0.05) is 12.1 Å². The maximum atomic E-state index is 12.1. The van der Waals surface area contributed by atoms with Crippen molar-refractivity contribution in [2.75, 3.05) is 32.2 Å². The molecule has 7 nitrogen and oxygen atoms in total. The average Bonchev–Trinajstić information content (AvgIpc) is 3.11. The Labute approximate surface area is 164 Å². The molecule has 1 N–H and O–H groups in total. The minimum atomic E-state index is -0.414. The van der Waals surface area contributed by atoms with E-state index in [9.17, 15) is 9.59 Å². The van der Waals surface area contributed by atoms with Crippen LogP contribution in [0.5, 0.6) is 11.5 Å². The summed E-state index contributed by atoms with van der Waals surface area (Å²) in [6.07, 6.45) is 0.218. The zero-order valence-corrected chi connectivity index (χ0v) is 16.0. The second-order valence-corrected chi connectivity index (χ2v) is 6.47. The summed E-state index contributed by atoms with van der Waals surface area (Å²) in [6, 6.07) is 14.8. The molecule has 1 saturated heterocycles. The second-order valence-electron chi connectivity index (χ2n) is 6.47. The van der Waals surface area contributed by atoms with Crippen molar-refractivity contribution in [3.8, 4) is 11.5 Å². The zero-order valence-electron chi connectivity index (χ0n) is 16.0. The number of aryl methyl sites for hydroxylation is 1. The normalized spacial score (nSPS) is 15.9. The van der Waals surface area contributed by atoms with Crippen molar-refractivity contribution >= 4 is 17.7 Å². The number of cyclic esters (lactones) is 1. The van der Waals surface area contributed by atoms with Crippen molar-refractivity contribution < 1.29 is 23.8 Å². The first kappa shape index (κ1) is 19.5. The summed E-state index contributed by atoms with van der Waals surface area (Å²) in [5.41, 5.74) is 1.80. The number of carbonyl (C=O) groups is 2. The lowest BCUT2D eigenvalue weighted by Crippen LogP contribution is -2.34. The van der Waals surface area contributed by atoms with E-state index < -0.39 is 6.09 Å². The van der Waals surface area contributed by atoms with Crippen molar-refractivity contribution in [1.29, 1.82) is 0 Å². The lowest BCUT2D eigenvalue weighted by Gasteiger charge is -2.13. The molecule has 2 aromatic rings. The van der Waals surface area contributed by atoms with Crippen molar-refractivity contribution in [2.24, 2.45) is 0 Å². The fourth-order valence-corrected chi connectivity index (χ4v) is 2.97. The number of carbonyl (C=O) groups excluding carboxylic acids is 2. The molecule has 1 fully saturated rings. The molecule has 0 radical (unpaired) electrons. The molecule has 0 aliphatic carbocycles. The molecule has 1 unspecified atom stereocenters. The van der Waals surface area contributed by atoms with E-state index in [1.54, 1.807) is 43.4 Å². The van der Waals surface area contributed by atoms with Gasteiger partial charge in [0.15, 0.2) is 0 Å². The SMILES string of the molecule is COc1ccc(CCC(=O)NCC2CN(c3ccc(OC)cc3)C(=O)O2)cc1. The number of hydrogen-bond donors (Lipinski definition) is 1. The van der Waals surface area contributed by atoms with E-state index in [2.05, 4.69) is 5.32 Å². The van der Waals surface area contributed by atoms with E-state index >= 15 is 0 Å². The zero-order chi connectivity index (χ0) is 19.9. The van der Waals surface area contributed by atoms with Gasteiger partial charge in [0.1, 0.15) is 17.6 Å². The molecule has 0 aromatic heterocycles. The van der Waals surface area contributed by atoms with E-state index in [1.165, 1.54) is 0 Å². The predicted molar refractivity (Wildman–Crippen MR) is 105 cm³/mol. The summed E-state index contributed by atoms with van der Waals surface area (Å²) < 4.78 is 15.6. The number of methoxy groups -OCH3 is 2. The van der Waals surface area contributed by atoms with E-state index in [1.807, 2.05) is 24.3 Å². The smallest absolute Gasteiger partial charge is 0.414 e. The van der Waals surface area contributed by atoms with Gasteiger partial charge in [-0.15, -0.1) is 0 Å². The first-order valence-corrected chi connectivity index (χ1v) is 9.11. The minimum absolute atomic E-state index is 0.0743. The molecule has 1 heterocycles. The molecule has 2 amide bonds. The highest BCUT2D eigenvalue weighted by Gasteiger charge is 2.32. The molecular formula is C21H24N2O5. The van der Waals surface area contributed by atoms with Gasteiger partial charge in [0.2, 0.25) is 5.91 Å². The van der Waals surface area contributed by atoms with E-state index in [4.69, 9.17) is 14.2 Å². The summed E-state index contributed by atoms with van der Waals surface area (Å²) in [5.74, 6) is 1.43. The highest BCUT2D eigenvalue weighted by Crippen LogP contribution is 2.24. The highest BCUT2D eigenvalue weighted by molar-refractivity contribution is 5.89. The van der Waals surface area contributed by atoms with Crippen LogP contribution in [0.4, 0.5) is 10.5 Å². The Kier molecular flexibility index (Phi) is 6.37. The Morgan fingerprint density at radius 1 is 1.07 bits per heavy atom. The molecule has 148 valence electrons. The quantitative estimate of drug-likeness (QED) is 0.757. The van der Waals surface area contributed by atoms with Crippen LogP contribution in [0.25, 0.3) is 0 Å². The summed E-state index contributed by atoms with van der Waals surface area (Å²) >= 11 is 0. The number of nitrogens with one attached hydrogen (secondary N) is 1. The van der Waals surface area contributed by atoms with Crippen LogP contribution in [0.1, 0.15) is 12.0 Å². The third-order valence-corrected chi connectivity index (χ3v) is 4.58. The van der Waals surface area contributed by atoms with Gasteiger partial charge in [0.25, 0.3) is 0 Å². The maximum absolute atomic E-state index is 12.1. The maximum Gasteiger partial charge on any atom is 0.414 e. The van der Waals surface area contributed by atoms with Crippen LogP contribution in [0, 0.1) is 0 Å². The molecule has 1 atom stereocenters. The summed E-state index contributed by atoms with van der Waals surface area (Å²) in [6.45, 7) is 0.684. The summed E-state index contributed by atoms with van der Waals surface area (Å²) in [5, 5.41) is 2.84. The Bertz CT molecular complexity index is 805. The summed E-state index contributed by atoms with van der Waals surface area (Å²) in [7, 11) is 3.21. The number of benzene rings is 2. The molecule has 0 bridgehead atoms. The number of rotatable bonds is 8.